The summed E-state index contributed by atoms with van der Waals surface area (Å²) in [6, 6.07) is 8.47. The van der Waals surface area contributed by atoms with Crippen LogP contribution in [0.4, 0.5) is 0 Å². The normalized spacial score (nSPS) is 11.7. The number of hydrogen-bond acceptors (Lipinski definition) is 2. The van der Waals surface area contributed by atoms with Gasteiger partial charge in [0.1, 0.15) is 5.75 Å². The van der Waals surface area contributed by atoms with Crippen LogP contribution in [0.25, 0.3) is 0 Å². The van der Waals surface area contributed by atoms with E-state index < -0.39 is 0 Å². The maximum Gasteiger partial charge on any atom is 0.119 e. The molecule has 0 aliphatic rings. The number of H-pyrrole nitrogens is 1. The second kappa shape index (κ2) is 6.99. The van der Waals surface area contributed by atoms with Crippen molar-refractivity contribution in [3.63, 3.8) is 0 Å². The van der Waals surface area contributed by atoms with Gasteiger partial charge in [-0.15, -0.1) is 0 Å². The molecule has 1 aromatic carbocycles. The van der Waals surface area contributed by atoms with Gasteiger partial charge in [0.15, 0.2) is 0 Å². The predicted molar refractivity (Wildman–Crippen MR) is 91.6 cm³/mol. The highest BCUT2D eigenvalue weighted by Gasteiger charge is 2.12. The summed E-state index contributed by atoms with van der Waals surface area (Å²) in [5.74, 6) is 0.962. The van der Waals surface area contributed by atoms with Crippen LogP contribution in [0.2, 0.25) is 0 Å². The summed E-state index contributed by atoms with van der Waals surface area (Å²) < 4.78 is 5.83. The molecule has 0 atom stereocenters. The van der Waals surface area contributed by atoms with Crippen LogP contribution in [0.1, 0.15) is 56.1 Å². The van der Waals surface area contributed by atoms with E-state index in [0.29, 0.717) is 0 Å². The quantitative estimate of drug-likeness (QED) is 0.783. The van der Waals surface area contributed by atoms with Crippen molar-refractivity contribution in [3.8, 4) is 5.75 Å². The number of unbranched alkanes of at least 4 members (excludes halogenated alkanes) is 1. The summed E-state index contributed by atoms with van der Waals surface area (Å²) in [6.45, 7) is 11.6. The summed E-state index contributed by atoms with van der Waals surface area (Å²) in [6.07, 6.45) is 3.26. The van der Waals surface area contributed by atoms with Gasteiger partial charge in [0, 0.05) is 5.69 Å². The highest BCUT2D eigenvalue weighted by atomic mass is 16.5. The molecule has 0 saturated heterocycles. The van der Waals surface area contributed by atoms with E-state index in [2.05, 4.69) is 69.1 Å². The molecule has 0 unspecified atom stereocenters. The average Bonchev–Trinajstić information content (AvgIpc) is 2.78. The second-order valence-electron chi connectivity index (χ2n) is 6.99. The molecular weight excluding hydrogens is 272 g/mol. The molecule has 2 rings (SSSR count). The van der Waals surface area contributed by atoms with Crippen LogP contribution in [0, 0.1) is 13.8 Å². The van der Waals surface area contributed by atoms with Gasteiger partial charge in [-0.2, -0.15) is 5.10 Å². The molecular formula is C19H28N2O. The summed E-state index contributed by atoms with van der Waals surface area (Å²) in [5, 5.41) is 7.27. The Morgan fingerprint density at radius 1 is 1.05 bits per heavy atom. The molecule has 1 N–H and O–H groups in total. The molecule has 0 aliphatic heterocycles. The fraction of sp³-hybridized carbons (Fsp3) is 0.526. The largest absolute Gasteiger partial charge is 0.494 e. The van der Waals surface area contributed by atoms with Gasteiger partial charge in [-0.3, -0.25) is 5.10 Å². The number of nitrogens with one attached hydrogen (secondary N) is 1. The molecule has 0 spiro atoms. The zero-order valence-corrected chi connectivity index (χ0v) is 14.5. The van der Waals surface area contributed by atoms with Crippen LogP contribution < -0.4 is 4.74 Å². The van der Waals surface area contributed by atoms with Gasteiger partial charge in [-0.05, 0) is 61.8 Å². The van der Waals surface area contributed by atoms with Crippen molar-refractivity contribution in [1.82, 2.24) is 10.2 Å². The van der Waals surface area contributed by atoms with E-state index in [1.807, 2.05) is 0 Å². The van der Waals surface area contributed by atoms with Crippen molar-refractivity contribution < 1.29 is 4.74 Å². The van der Waals surface area contributed by atoms with E-state index in [1.165, 1.54) is 16.8 Å². The molecule has 0 saturated carbocycles. The predicted octanol–water partition coefficient (Wildman–Crippen LogP) is 4.73. The van der Waals surface area contributed by atoms with Gasteiger partial charge < -0.3 is 4.74 Å². The first-order valence-electron chi connectivity index (χ1n) is 8.11. The number of rotatable bonds is 6. The van der Waals surface area contributed by atoms with Gasteiger partial charge >= 0.3 is 0 Å². The fourth-order valence-corrected chi connectivity index (χ4v) is 2.59. The SMILES string of the molecule is Cc1n[nH]c(C)c1CCCCOc1ccc(C(C)(C)C)cc1. The van der Waals surface area contributed by atoms with E-state index in [-0.39, 0.29) is 5.41 Å². The molecule has 0 aliphatic carbocycles. The average molecular weight is 300 g/mol. The number of aromatic nitrogens is 2. The van der Waals surface area contributed by atoms with Gasteiger partial charge in [-0.25, -0.2) is 0 Å². The molecule has 22 heavy (non-hydrogen) atoms. The highest BCUT2D eigenvalue weighted by Crippen LogP contribution is 2.24. The van der Waals surface area contributed by atoms with Crippen molar-refractivity contribution in [3.05, 3.63) is 46.8 Å². The van der Waals surface area contributed by atoms with Crippen LogP contribution in [0.15, 0.2) is 24.3 Å². The monoisotopic (exact) mass is 300 g/mol. The zero-order chi connectivity index (χ0) is 16.2. The molecule has 0 amide bonds. The van der Waals surface area contributed by atoms with Crippen molar-refractivity contribution in [2.75, 3.05) is 6.61 Å². The Morgan fingerprint density at radius 2 is 1.73 bits per heavy atom. The molecule has 1 aromatic heterocycles. The van der Waals surface area contributed by atoms with Crippen LogP contribution in [0.5, 0.6) is 5.75 Å². The third-order valence-electron chi connectivity index (χ3n) is 4.09. The first-order chi connectivity index (χ1) is 10.4. The highest BCUT2D eigenvalue weighted by molar-refractivity contribution is 5.31. The maximum atomic E-state index is 5.83. The van der Waals surface area contributed by atoms with Gasteiger partial charge in [0.2, 0.25) is 0 Å². The third kappa shape index (κ3) is 4.36. The van der Waals surface area contributed by atoms with Crippen molar-refractivity contribution in [2.24, 2.45) is 0 Å². The Hall–Kier alpha value is -1.77. The lowest BCUT2D eigenvalue weighted by Crippen LogP contribution is -2.10. The number of aryl methyl sites for hydroxylation is 2. The van der Waals surface area contributed by atoms with Crippen LogP contribution in [-0.2, 0) is 11.8 Å². The lowest BCUT2D eigenvalue weighted by molar-refractivity contribution is 0.306. The zero-order valence-electron chi connectivity index (χ0n) is 14.5. The molecule has 0 radical (unpaired) electrons. The molecule has 2 aromatic rings. The minimum atomic E-state index is 0.193. The first-order valence-corrected chi connectivity index (χ1v) is 8.11. The van der Waals surface area contributed by atoms with E-state index in [1.54, 1.807) is 0 Å². The van der Waals surface area contributed by atoms with E-state index in [0.717, 1.165) is 37.3 Å². The van der Waals surface area contributed by atoms with Crippen molar-refractivity contribution in [2.45, 2.75) is 59.3 Å². The Kier molecular flexibility index (Phi) is 5.28. The number of benzene rings is 1. The van der Waals surface area contributed by atoms with Crippen molar-refractivity contribution >= 4 is 0 Å². The first kappa shape index (κ1) is 16.6. The summed E-state index contributed by atoms with van der Waals surface area (Å²) in [7, 11) is 0. The summed E-state index contributed by atoms with van der Waals surface area (Å²) >= 11 is 0. The Morgan fingerprint density at radius 3 is 2.27 bits per heavy atom. The lowest BCUT2D eigenvalue weighted by atomic mass is 9.87. The van der Waals surface area contributed by atoms with E-state index in [9.17, 15) is 0 Å². The third-order valence-corrected chi connectivity index (χ3v) is 4.09. The van der Waals surface area contributed by atoms with Gasteiger partial charge in [0.25, 0.3) is 0 Å². The van der Waals surface area contributed by atoms with E-state index in [4.69, 9.17) is 4.74 Å². The van der Waals surface area contributed by atoms with Gasteiger partial charge in [0.05, 0.1) is 12.3 Å². The number of hydrogen-bond donors (Lipinski definition) is 1. The smallest absolute Gasteiger partial charge is 0.119 e. The lowest BCUT2D eigenvalue weighted by Gasteiger charge is -2.19. The summed E-state index contributed by atoms with van der Waals surface area (Å²) in [4.78, 5) is 0. The Bertz CT molecular complexity index is 571. The molecule has 3 nitrogen and oxygen atoms in total. The number of ether oxygens (including phenoxy) is 1. The van der Waals surface area contributed by atoms with E-state index >= 15 is 0 Å². The number of nitrogens with zero attached hydrogens (tertiary/aromatic N) is 1. The number of aromatic amines is 1. The molecule has 3 heteroatoms. The fourth-order valence-electron chi connectivity index (χ4n) is 2.59. The topological polar surface area (TPSA) is 37.9 Å². The van der Waals surface area contributed by atoms with Gasteiger partial charge in [-0.1, -0.05) is 32.9 Å². The molecule has 120 valence electrons. The minimum Gasteiger partial charge on any atom is -0.494 e. The van der Waals surface area contributed by atoms with Crippen LogP contribution >= 0.6 is 0 Å². The van der Waals surface area contributed by atoms with Crippen LogP contribution in [-0.4, -0.2) is 16.8 Å². The second-order valence-corrected chi connectivity index (χ2v) is 6.99. The Labute approximate surface area is 134 Å². The Balaban J connectivity index is 1.73. The molecule has 1 heterocycles. The standard InChI is InChI=1S/C19H28N2O/c1-14-18(15(2)21-20-14)8-6-7-13-22-17-11-9-16(10-12-17)19(3,4)5/h9-12H,6-8,13H2,1-5H3,(H,20,21). The maximum absolute atomic E-state index is 5.83. The minimum absolute atomic E-state index is 0.193. The van der Waals surface area contributed by atoms with Crippen LogP contribution in [0.3, 0.4) is 0 Å². The molecule has 0 bridgehead atoms. The van der Waals surface area contributed by atoms with Crippen molar-refractivity contribution in [1.29, 1.82) is 0 Å². The summed E-state index contributed by atoms with van der Waals surface area (Å²) in [5.41, 5.74) is 5.20. The molecule has 0 fully saturated rings.